The number of aromatic nitrogens is 1. The van der Waals surface area contributed by atoms with Crippen LogP contribution in [0, 0.1) is 11.8 Å². The number of hydrogen-bond donors (Lipinski definition) is 1. The summed E-state index contributed by atoms with van der Waals surface area (Å²) in [7, 11) is 0. The summed E-state index contributed by atoms with van der Waals surface area (Å²) < 4.78 is 0. The molecule has 0 saturated heterocycles. The molecule has 0 unspecified atom stereocenters. The molecular formula is C35H52N2O3S. The van der Waals surface area contributed by atoms with E-state index < -0.39 is 0 Å². The zero-order valence-corrected chi connectivity index (χ0v) is 26.4. The Bertz CT molecular complexity index is 994. The zero-order valence-electron chi connectivity index (χ0n) is 25.4. The molecule has 41 heavy (non-hydrogen) atoms. The number of Topliss-reactive ketones (excluding diaryl/α,β-unsaturated/α-hetero) is 2. The van der Waals surface area contributed by atoms with Gasteiger partial charge in [0.15, 0.2) is 5.78 Å². The number of ketones is 2. The van der Waals surface area contributed by atoms with E-state index >= 15 is 0 Å². The van der Waals surface area contributed by atoms with E-state index in [-0.39, 0.29) is 49.2 Å². The third-order valence-electron chi connectivity index (χ3n) is 6.44. The third-order valence-corrected chi connectivity index (χ3v) is 6.44. The van der Waals surface area contributed by atoms with Crippen LogP contribution in [0.1, 0.15) is 102 Å². The van der Waals surface area contributed by atoms with Gasteiger partial charge in [0.1, 0.15) is 5.78 Å². The van der Waals surface area contributed by atoms with Gasteiger partial charge < -0.3 is 5.32 Å². The van der Waals surface area contributed by atoms with E-state index in [1.165, 1.54) is 0 Å². The normalized spacial score (nSPS) is 12.7. The van der Waals surface area contributed by atoms with Crippen LogP contribution in [0.15, 0.2) is 85.3 Å². The molecule has 0 radical (unpaired) electrons. The Kier molecular flexibility index (Phi) is 24.1. The van der Waals surface area contributed by atoms with Crippen molar-refractivity contribution < 1.29 is 14.4 Å². The molecule has 1 aromatic rings. The van der Waals surface area contributed by atoms with Crippen molar-refractivity contribution in [2.24, 2.45) is 11.8 Å². The van der Waals surface area contributed by atoms with Crippen molar-refractivity contribution in [1.29, 1.82) is 0 Å². The van der Waals surface area contributed by atoms with Crippen LogP contribution in [0.2, 0.25) is 0 Å². The summed E-state index contributed by atoms with van der Waals surface area (Å²) in [4.78, 5) is 41.3. The average molecular weight is 581 g/mol. The van der Waals surface area contributed by atoms with Gasteiger partial charge in [-0.2, -0.15) is 13.5 Å². The van der Waals surface area contributed by atoms with Gasteiger partial charge in [-0.05, 0) is 69.4 Å². The van der Waals surface area contributed by atoms with Gasteiger partial charge in [0, 0.05) is 49.7 Å². The van der Waals surface area contributed by atoms with Crippen molar-refractivity contribution in [2.75, 3.05) is 6.54 Å². The molecule has 1 heterocycles. The summed E-state index contributed by atoms with van der Waals surface area (Å²) in [5.41, 5.74) is 0.587. The Balaban J connectivity index is 0.0000160. The first-order valence-electron chi connectivity index (χ1n) is 14.9. The number of allylic oxidation sites excluding steroid dienone is 10. The molecule has 0 aliphatic rings. The average Bonchev–Trinajstić information content (AvgIpc) is 2.95. The second kappa shape index (κ2) is 25.9. The molecule has 0 aliphatic carbocycles. The van der Waals surface area contributed by atoms with Crippen LogP contribution in [0.25, 0.3) is 0 Å². The molecule has 0 aromatic carbocycles. The molecule has 0 spiro atoms. The van der Waals surface area contributed by atoms with Crippen LogP contribution in [-0.2, 0) is 9.59 Å². The van der Waals surface area contributed by atoms with Crippen LogP contribution in [-0.4, -0.2) is 29.0 Å². The summed E-state index contributed by atoms with van der Waals surface area (Å²) >= 11 is 0. The van der Waals surface area contributed by atoms with Crippen molar-refractivity contribution in [1.82, 2.24) is 10.3 Å². The van der Waals surface area contributed by atoms with Gasteiger partial charge in [-0.25, -0.2) is 0 Å². The van der Waals surface area contributed by atoms with Crippen LogP contribution >= 0.6 is 13.5 Å². The summed E-state index contributed by atoms with van der Waals surface area (Å²) in [6.45, 7) is 6.51. The molecule has 1 rings (SSSR count). The fourth-order valence-corrected chi connectivity index (χ4v) is 4.03. The quantitative estimate of drug-likeness (QED) is 0.0848. The van der Waals surface area contributed by atoms with Gasteiger partial charge in [0.05, 0.1) is 0 Å². The lowest BCUT2D eigenvalue weighted by Gasteiger charge is -2.19. The van der Waals surface area contributed by atoms with E-state index in [0.717, 1.165) is 44.9 Å². The molecule has 1 aromatic heterocycles. The minimum absolute atomic E-state index is 0. The monoisotopic (exact) mass is 580 g/mol. The highest BCUT2D eigenvalue weighted by molar-refractivity contribution is 7.59. The largest absolute Gasteiger partial charge is 0.356 e. The topological polar surface area (TPSA) is 76.1 Å². The molecule has 226 valence electrons. The predicted octanol–water partition coefficient (Wildman–Crippen LogP) is 8.43. The van der Waals surface area contributed by atoms with Gasteiger partial charge in [-0.1, -0.05) is 81.5 Å². The van der Waals surface area contributed by atoms with E-state index in [1.807, 2.05) is 13.8 Å². The standard InChI is InChI=1S/C35H50N2O3.H2S/c1-4-5-6-7-8-9-10-11-12-13-14-15-16-17-18-19-20-24-32(38)28-33(30(2)3)35(40)37-27-22-25-34(39)31-23-21-26-36-29-31;/h5-6,8-9,11-12,14-15,17-18,21,23,26,29-30,33H,4,7,10,13,16,19-20,22,24-25,27-28H2,1-3H3,(H,37,40);1H2/b6-5-,9-8-,12-11-,15-14-,18-17-;/t33-;/m0./s1. The van der Waals surface area contributed by atoms with Crippen LogP contribution < -0.4 is 5.32 Å². The van der Waals surface area contributed by atoms with E-state index in [1.54, 1.807) is 24.5 Å². The Morgan fingerprint density at radius 3 is 1.95 bits per heavy atom. The van der Waals surface area contributed by atoms with Crippen molar-refractivity contribution in [2.45, 2.75) is 91.4 Å². The van der Waals surface area contributed by atoms with Crippen molar-refractivity contribution in [3.63, 3.8) is 0 Å². The zero-order chi connectivity index (χ0) is 29.3. The molecule has 0 aliphatic heterocycles. The third kappa shape index (κ3) is 20.5. The van der Waals surface area contributed by atoms with Crippen molar-refractivity contribution in [3.8, 4) is 0 Å². The molecule has 1 amide bonds. The van der Waals surface area contributed by atoms with Crippen molar-refractivity contribution in [3.05, 3.63) is 90.9 Å². The number of nitrogens with zero attached hydrogens (tertiary/aromatic N) is 1. The number of rotatable bonds is 22. The fraction of sp³-hybridized carbons (Fsp3) is 0.486. The van der Waals surface area contributed by atoms with E-state index in [0.29, 0.717) is 31.4 Å². The minimum atomic E-state index is -0.338. The number of hydrogen-bond acceptors (Lipinski definition) is 4. The first-order valence-corrected chi connectivity index (χ1v) is 14.9. The lowest BCUT2D eigenvalue weighted by Crippen LogP contribution is -2.35. The van der Waals surface area contributed by atoms with Crippen LogP contribution in [0.4, 0.5) is 0 Å². The molecule has 0 bridgehead atoms. The van der Waals surface area contributed by atoms with Gasteiger partial charge in [0.2, 0.25) is 5.91 Å². The highest BCUT2D eigenvalue weighted by atomic mass is 32.1. The number of amides is 1. The van der Waals surface area contributed by atoms with Crippen LogP contribution in [0.3, 0.4) is 0 Å². The Morgan fingerprint density at radius 2 is 1.41 bits per heavy atom. The predicted molar refractivity (Wildman–Crippen MR) is 177 cm³/mol. The van der Waals surface area contributed by atoms with Gasteiger partial charge in [0.25, 0.3) is 0 Å². The molecule has 0 saturated carbocycles. The lowest BCUT2D eigenvalue weighted by molar-refractivity contribution is -0.130. The molecule has 1 atom stereocenters. The number of unbranched alkanes of at least 4 members (excludes halogenated alkanes) is 1. The SMILES string of the molecule is CC/C=C\C/C=C\C/C=C\C/C=C\C/C=C\CCCC(=O)C[C@H](C(=O)NCCCC(=O)c1cccnc1)C(C)C.S. The van der Waals surface area contributed by atoms with Gasteiger partial charge in [-0.3, -0.25) is 19.4 Å². The van der Waals surface area contributed by atoms with Crippen LogP contribution in [0.5, 0.6) is 0 Å². The first-order chi connectivity index (χ1) is 19.5. The number of carbonyl (C=O) groups excluding carboxylic acids is 3. The Labute approximate surface area is 255 Å². The Hall–Kier alpha value is -2.99. The minimum Gasteiger partial charge on any atom is -0.356 e. The summed E-state index contributed by atoms with van der Waals surface area (Å²) in [6, 6.07) is 3.48. The maximum atomic E-state index is 12.7. The molecule has 0 fully saturated rings. The maximum Gasteiger partial charge on any atom is 0.223 e. The van der Waals surface area contributed by atoms with E-state index in [2.05, 4.69) is 78.0 Å². The number of nitrogens with one attached hydrogen (secondary N) is 1. The maximum absolute atomic E-state index is 12.7. The highest BCUT2D eigenvalue weighted by Crippen LogP contribution is 2.18. The lowest BCUT2D eigenvalue weighted by atomic mass is 9.88. The molecule has 6 heteroatoms. The second-order valence-electron chi connectivity index (χ2n) is 10.3. The van der Waals surface area contributed by atoms with E-state index in [4.69, 9.17) is 0 Å². The molecule has 5 nitrogen and oxygen atoms in total. The fourth-order valence-electron chi connectivity index (χ4n) is 4.03. The Morgan fingerprint density at radius 1 is 0.829 bits per heavy atom. The van der Waals surface area contributed by atoms with E-state index in [9.17, 15) is 14.4 Å². The second-order valence-corrected chi connectivity index (χ2v) is 10.3. The van der Waals surface area contributed by atoms with Gasteiger partial charge in [-0.15, -0.1) is 0 Å². The highest BCUT2D eigenvalue weighted by Gasteiger charge is 2.24. The summed E-state index contributed by atoms with van der Waals surface area (Å²) in [5.74, 6) is -0.212. The summed E-state index contributed by atoms with van der Waals surface area (Å²) in [6.07, 6.45) is 33.2. The van der Waals surface area contributed by atoms with Gasteiger partial charge >= 0.3 is 0 Å². The smallest absolute Gasteiger partial charge is 0.223 e. The molecule has 1 N–H and O–H groups in total. The van der Waals surface area contributed by atoms with Crippen molar-refractivity contribution >= 4 is 31.0 Å². The molecular weight excluding hydrogens is 528 g/mol. The summed E-state index contributed by atoms with van der Waals surface area (Å²) in [5, 5.41) is 2.92. The number of carbonyl (C=O) groups is 3. The number of pyridine rings is 1. The first kappa shape index (κ1) is 38.0.